The van der Waals surface area contributed by atoms with Crippen LogP contribution in [-0.4, -0.2) is 21.3 Å². The molecule has 0 bridgehead atoms. The van der Waals surface area contributed by atoms with Gasteiger partial charge in [-0.15, -0.1) is 6.58 Å². The molecule has 1 aromatic rings. The topological polar surface area (TPSA) is 38.0 Å². The standard InChI is InChI=1S/C8H12N2O/c1-3-8(2,6-11)10-5-4-9-7-10/h3-5,7,11H,1,6H2,2H3. The fraction of sp³-hybridized carbons (Fsp3) is 0.375. The molecule has 1 N–H and O–H groups in total. The largest absolute Gasteiger partial charge is 0.394 e. The molecule has 11 heavy (non-hydrogen) atoms. The van der Waals surface area contributed by atoms with Crippen molar-refractivity contribution in [1.29, 1.82) is 0 Å². The first-order valence-electron chi connectivity index (χ1n) is 3.46. The lowest BCUT2D eigenvalue weighted by Crippen LogP contribution is -2.30. The number of nitrogens with zero attached hydrogens (tertiary/aromatic N) is 2. The van der Waals surface area contributed by atoms with Crippen LogP contribution in [0.3, 0.4) is 0 Å². The van der Waals surface area contributed by atoms with Crippen molar-refractivity contribution in [2.45, 2.75) is 12.5 Å². The van der Waals surface area contributed by atoms with E-state index in [1.54, 1.807) is 24.8 Å². The summed E-state index contributed by atoms with van der Waals surface area (Å²) in [6, 6.07) is 0. The maximum atomic E-state index is 9.04. The third kappa shape index (κ3) is 1.33. The first kappa shape index (κ1) is 8.01. The SMILES string of the molecule is C=CC(C)(CO)n1ccnc1. The quantitative estimate of drug-likeness (QED) is 0.650. The summed E-state index contributed by atoms with van der Waals surface area (Å²) in [5.41, 5.74) is -0.420. The Morgan fingerprint density at radius 3 is 2.91 bits per heavy atom. The van der Waals surface area contributed by atoms with Crippen molar-refractivity contribution in [3.63, 3.8) is 0 Å². The van der Waals surface area contributed by atoms with E-state index in [9.17, 15) is 0 Å². The molecule has 1 aromatic heterocycles. The second kappa shape index (κ2) is 2.88. The first-order chi connectivity index (χ1) is 5.23. The van der Waals surface area contributed by atoms with Gasteiger partial charge in [-0.3, -0.25) is 0 Å². The summed E-state index contributed by atoms with van der Waals surface area (Å²) in [6.45, 7) is 5.58. The van der Waals surface area contributed by atoms with Crippen LogP contribution < -0.4 is 0 Å². The van der Waals surface area contributed by atoms with E-state index in [4.69, 9.17) is 5.11 Å². The Hall–Kier alpha value is -1.09. The zero-order valence-electron chi connectivity index (χ0n) is 6.57. The van der Waals surface area contributed by atoms with E-state index in [0.29, 0.717) is 0 Å². The van der Waals surface area contributed by atoms with Crippen LogP contribution in [0, 0.1) is 0 Å². The van der Waals surface area contributed by atoms with Crippen molar-refractivity contribution in [3.05, 3.63) is 31.4 Å². The van der Waals surface area contributed by atoms with Crippen LogP contribution in [0.5, 0.6) is 0 Å². The summed E-state index contributed by atoms with van der Waals surface area (Å²) >= 11 is 0. The maximum Gasteiger partial charge on any atom is 0.0954 e. The molecule has 1 rings (SSSR count). The van der Waals surface area contributed by atoms with Crippen LogP contribution >= 0.6 is 0 Å². The lowest BCUT2D eigenvalue weighted by Gasteiger charge is -2.24. The number of imidazole rings is 1. The lowest BCUT2D eigenvalue weighted by molar-refractivity contribution is 0.187. The number of aromatic nitrogens is 2. The Bertz CT molecular complexity index is 230. The molecule has 0 aromatic carbocycles. The van der Waals surface area contributed by atoms with Crippen LogP contribution in [0.2, 0.25) is 0 Å². The summed E-state index contributed by atoms with van der Waals surface area (Å²) in [6.07, 6.45) is 6.85. The van der Waals surface area contributed by atoms with Gasteiger partial charge in [0.05, 0.1) is 18.5 Å². The third-order valence-corrected chi connectivity index (χ3v) is 1.85. The zero-order valence-corrected chi connectivity index (χ0v) is 6.57. The van der Waals surface area contributed by atoms with E-state index in [2.05, 4.69) is 11.6 Å². The van der Waals surface area contributed by atoms with E-state index in [1.165, 1.54) is 0 Å². The van der Waals surface area contributed by atoms with Crippen molar-refractivity contribution in [2.24, 2.45) is 0 Å². The van der Waals surface area contributed by atoms with Gasteiger partial charge in [-0.05, 0) is 6.92 Å². The van der Waals surface area contributed by atoms with Gasteiger partial charge in [-0.1, -0.05) is 6.08 Å². The molecule has 1 atom stereocenters. The molecule has 1 unspecified atom stereocenters. The molecule has 0 saturated carbocycles. The molecule has 3 nitrogen and oxygen atoms in total. The second-order valence-electron chi connectivity index (χ2n) is 2.69. The molecular weight excluding hydrogens is 140 g/mol. The summed E-state index contributed by atoms with van der Waals surface area (Å²) in [7, 11) is 0. The van der Waals surface area contributed by atoms with E-state index >= 15 is 0 Å². The Balaban J connectivity index is 2.96. The van der Waals surface area contributed by atoms with E-state index in [0.717, 1.165) is 0 Å². The minimum Gasteiger partial charge on any atom is -0.394 e. The number of hydrogen-bond donors (Lipinski definition) is 1. The molecule has 0 fully saturated rings. The van der Waals surface area contributed by atoms with Gasteiger partial charge in [0.15, 0.2) is 0 Å². The monoisotopic (exact) mass is 152 g/mol. The predicted molar refractivity (Wildman–Crippen MR) is 43.2 cm³/mol. The van der Waals surface area contributed by atoms with Crippen molar-refractivity contribution < 1.29 is 5.11 Å². The lowest BCUT2D eigenvalue weighted by atomic mass is 10.0. The smallest absolute Gasteiger partial charge is 0.0954 e. The van der Waals surface area contributed by atoms with Crippen LogP contribution in [0.25, 0.3) is 0 Å². The third-order valence-electron chi connectivity index (χ3n) is 1.85. The summed E-state index contributed by atoms with van der Waals surface area (Å²) in [5, 5.41) is 9.04. The van der Waals surface area contributed by atoms with Crippen LogP contribution in [0.4, 0.5) is 0 Å². The van der Waals surface area contributed by atoms with Gasteiger partial charge in [0.25, 0.3) is 0 Å². The van der Waals surface area contributed by atoms with Gasteiger partial charge in [0, 0.05) is 12.4 Å². The highest BCUT2D eigenvalue weighted by atomic mass is 16.3. The highest BCUT2D eigenvalue weighted by Gasteiger charge is 2.19. The van der Waals surface area contributed by atoms with E-state index in [-0.39, 0.29) is 6.61 Å². The highest BCUT2D eigenvalue weighted by Crippen LogP contribution is 2.14. The van der Waals surface area contributed by atoms with Gasteiger partial charge >= 0.3 is 0 Å². The average molecular weight is 152 g/mol. The molecule has 0 aliphatic carbocycles. The first-order valence-corrected chi connectivity index (χ1v) is 3.46. The van der Waals surface area contributed by atoms with Crippen LogP contribution in [-0.2, 0) is 5.54 Å². The minimum atomic E-state index is -0.420. The number of hydrogen-bond acceptors (Lipinski definition) is 2. The second-order valence-corrected chi connectivity index (χ2v) is 2.69. The van der Waals surface area contributed by atoms with Crippen LogP contribution in [0.15, 0.2) is 31.4 Å². The molecular formula is C8H12N2O. The molecule has 3 heteroatoms. The van der Waals surface area contributed by atoms with Crippen molar-refractivity contribution >= 4 is 0 Å². The highest BCUT2D eigenvalue weighted by molar-refractivity contribution is 4.99. The zero-order chi connectivity index (χ0) is 8.32. The number of rotatable bonds is 3. The Morgan fingerprint density at radius 1 is 1.82 bits per heavy atom. The summed E-state index contributed by atoms with van der Waals surface area (Å²) < 4.78 is 1.82. The van der Waals surface area contributed by atoms with E-state index < -0.39 is 5.54 Å². The van der Waals surface area contributed by atoms with Crippen molar-refractivity contribution in [2.75, 3.05) is 6.61 Å². The Labute approximate surface area is 66.0 Å². The predicted octanol–water partition coefficient (Wildman–Crippen LogP) is 0.777. The van der Waals surface area contributed by atoms with Gasteiger partial charge in [-0.2, -0.15) is 0 Å². The summed E-state index contributed by atoms with van der Waals surface area (Å²) in [5.74, 6) is 0. The van der Waals surface area contributed by atoms with E-state index in [1.807, 2.05) is 11.5 Å². The molecule has 60 valence electrons. The van der Waals surface area contributed by atoms with Crippen molar-refractivity contribution in [1.82, 2.24) is 9.55 Å². The molecule has 0 aliphatic heterocycles. The Morgan fingerprint density at radius 2 is 2.55 bits per heavy atom. The molecule has 0 spiro atoms. The normalized spacial score (nSPS) is 15.8. The van der Waals surface area contributed by atoms with Gasteiger partial charge in [0.2, 0.25) is 0 Å². The molecule has 0 radical (unpaired) electrons. The van der Waals surface area contributed by atoms with Crippen LogP contribution in [0.1, 0.15) is 6.92 Å². The molecule has 0 saturated heterocycles. The van der Waals surface area contributed by atoms with Crippen molar-refractivity contribution in [3.8, 4) is 0 Å². The average Bonchev–Trinajstić information content (AvgIpc) is 2.55. The minimum absolute atomic E-state index is 0.0346. The van der Waals surface area contributed by atoms with Gasteiger partial charge in [-0.25, -0.2) is 4.98 Å². The number of aliphatic hydroxyl groups excluding tert-OH is 1. The van der Waals surface area contributed by atoms with Gasteiger partial charge < -0.3 is 9.67 Å². The number of aliphatic hydroxyl groups is 1. The fourth-order valence-corrected chi connectivity index (χ4v) is 0.813. The molecule has 0 amide bonds. The molecule has 0 aliphatic rings. The maximum absolute atomic E-state index is 9.04. The molecule has 1 heterocycles. The fourth-order valence-electron chi connectivity index (χ4n) is 0.813. The van der Waals surface area contributed by atoms with Gasteiger partial charge in [0.1, 0.15) is 0 Å². The summed E-state index contributed by atoms with van der Waals surface area (Å²) in [4.78, 5) is 3.89. The Kier molecular flexibility index (Phi) is 2.10.